The third-order valence-corrected chi connectivity index (χ3v) is 4.61. The number of aromatic nitrogens is 1. The zero-order chi connectivity index (χ0) is 19.2. The van der Waals surface area contributed by atoms with Gasteiger partial charge in [-0.25, -0.2) is 9.37 Å². The Bertz CT molecular complexity index is 982. The fourth-order valence-corrected chi connectivity index (χ4v) is 3.05. The van der Waals surface area contributed by atoms with Gasteiger partial charge < -0.3 is 10.1 Å². The molecular weight excluding hydrogens is 363 g/mol. The first kappa shape index (κ1) is 18.8. The first-order valence-electron chi connectivity index (χ1n) is 8.39. The Morgan fingerprint density at radius 1 is 1.26 bits per heavy atom. The molecule has 0 unspecified atom stereocenters. The summed E-state index contributed by atoms with van der Waals surface area (Å²) >= 11 is 1.59. The molecule has 0 aliphatic heterocycles. The molecule has 1 N–H and O–H groups in total. The van der Waals surface area contributed by atoms with Crippen LogP contribution >= 0.6 is 11.3 Å². The van der Waals surface area contributed by atoms with Crippen molar-refractivity contribution in [3.8, 4) is 5.75 Å². The number of nitrogens with zero attached hydrogens (tertiary/aromatic N) is 1. The number of ether oxygens (including phenoxy) is 1. The monoisotopic (exact) mass is 382 g/mol. The number of rotatable bonds is 6. The van der Waals surface area contributed by atoms with Gasteiger partial charge in [0.05, 0.1) is 10.7 Å². The number of aryl methyl sites for hydroxylation is 2. The lowest BCUT2D eigenvalue weighted by molar-refractivity contribution is -0.111. The Kier molecular flexibility index (Phi) is 5.98. The zero-order valence-corrected chi connectivity index (χ0v) is 15.8. The molecule has 0 radical (unpaired) electrons. The molecule has 3 rings (SSSR count). The summed E-state index contributed by atoms with van der Waals surface area (Å²) < 4.78 is 18.9. The van der Waals surface area contributed by atoms with Crippen LogP contribution in [0, 0.1) is 19.7 Å². The Balaban J connectivity index is 1.60. The number of carbonyl (C=O) groups excluding carboxylic acids is 1. The van der Waals surface area contributed by atoms with E-state index in [1.165, 1.54) is 18.2 Å². The predicted molar refractivity (Wildman–Crippen MR) is 106 cm³/mol. The van der Waals surface area contributed by atoms with Crippen molar-refractivity contribution in [3.05, 3.63) is 81.6 Å². The smallest absolute Gasteiger partial charge is 0.248 e. The zero-order valence-electron chi connectivity index (χ0n) is 15.0. The van der Waals surface area contributed by atoms with Gasteiger partial charge in [-0.05, 0) is 61.4 Å². The van der Waals surface area contributed by atoms with Crippen molar-refractivity contribution < 1.29 is 13.9 Å². The lowest BCUT2D eigenvalue weighted by Gasteiger charge is -2.06. The predicted octanol–water partition coefficient (Wildman–Crippen LogP) is 5.13. The molecule has 0 atom stereocenters. The quantitative estimate of drug-likeness (QED) is 0.601. The van der Waals surface area contributed by atoms with E-state index < -0.39 is 0 Å². The standard InChI is InChI=1S/C21H19FN2O2S/c1-14-10-17(22)7-8-20(14)24-21(25)9-6-16-4-3-5-19(11-16)26-12-18-13-27-15(2)23-18/h3-11,13H,12H2,1-2H3,(H,24,25)/b9-6+. The number of amides is 1. The van der Waals surface area contributed by atoms with E-state index in [0.29, 0.717) is 23.6 Å². The van der Waals surface area contributed by atoms with Gasteiger partial charge in [0.25, 0.3) is 0 Å². The highest BCUT2D eigenvalue weighted by Gasteiger charge is 2.04. The topological polar surface area (TPSA) is 51.2 Å². The molecule has 0 saturated carbocycles. The van der Waals surface area contributed by atoms with Crippen LogP contribution in [0.1, 0.15) is 21.8 Å². The lowest BCUT2D eigenvalue weighted by atomic mass is 10.2. The normalized spacial score (nSPS) is 10.9. The first-order valence-corrected chi connectivity index (χ1v) is 9.26. The Hall–Kier alpha value is -2.99. The van der Waals surface area contributed by atoms with Crippen molar-refractivity contribution in [2.45, 2.75) is 20.5 Å². The average Bonchev–Trinajstić information content (AvgIpc) is 3.06. The second kappa shape index (κ2) is 8.60. The van der Waals surface area contributed by atoms with Crippen molar-refractivity contribution in [2.24, 2.45) is 0 Å². The SMILES string of the molecule is Cc1nc(COc2cccc(/C=C/C(=O)Nc3ccc(F)cc3C)c2)cs1. The first-order chi connectivity index (χ1) is 13.0. The molecule has 4 nitrogen and oxygen atoms in total. The van der Waals surface area contributed by atoms with E-state index in [-0.39, 0.29) is 11.7 Å². The van der Waals surface area contributed by atoms with Crippen molar-refractivity contribution in [1.82, 2.24) is 4.98 Å². The van der Waals surface area contributed by atoms with Gasteiger partial charge in [-0.15, -0.1) is 11.3 Å². The van der Waals surface area contributed by atoms with Crippen molar-refractivity contribution in [1.29, 1.82) is 0 Å². The van der Waals surface area contributed by atoms with E-state index in [0.717, 1.165) is 16.3 Å². The molecule has 1 heterocycles. The van der Waals surface area contributed by atoms with E-state index in [2.05, 4.69) is 10.3 Å². The van der Waals surface area contributed by atoms with Gasteiger partial charge in [-0.3, -0.25) is 4.79 Å². The van der Waals surface area contributed by atoms with Gasteiger partial charge in [-0.1, -0.05) is 12.1 Å². The van der Waals surface area contributed by atoms with Crippen LogP contribution in [0.2, 0.25) is 0 Å². The maximum Gasteiger partial charge on any atom is 0.248 e. The molecule has 2 aromatic carbocycles. The molecule has 0 bridgehead atoms. The van der Waals surface area contributed by atoms with Crippen LogP contribution < -0.4 is 10.1 Å². The highest BCUT2D eigenvalue weighted by atomic mass is 32.1. The van der Waals surface area contributed by atoms with Crippen molar-refractivity contribution >= 4 is 29.0 Å². The fourth-order valence-electron chi connectivity index (χ4n) is 2.45. The molecule has 3 aromatic rings. The van der Waals surface area contributed by atoms with Gasteiger partial charge in [0.1, 0.15) is 18.2 Å². The third kappa shape index (κ3) is 5.49. The number of benzene rings is 2. The molecule has 0 fully saturated rings. The molecule has 0 spiro atoms. The Morgan fingerprint density at radius 3 is 2.85 bits per heavy atom. The van der Waals surface area contributed by atoms with Gasteiger partial charge in [-0.2, -0.15) is 0 Å². The van der Waals surface area contributed by atoms with Crippen LogP contribution in [-0.4, -0.2) is 10.9 Å². The molecule has 0 aliphatic carbocycles. The van der Waals surface area contributed by atoms with E-state index in [9.17, 15) is 9.18 Å². The summed E-state index contributed by atoms with van der Waals surface area (Å²) in [5.41, 5.74) is 2.99. The third-order valence-electron chi connectivity index (χ3n) is 3.78. The minimum absolute atomic E-state index is 0.283. The number of thiazole rings is 1. The Labute approximate surface area is 161 Å². The number of carbonyl (C=O) groups is 1. The number of anilines is 1. The molecule has 0 aliphatic rings. The fraction of sp³-hybridized carbons (Fsp3) is 0.143. The largest absolute Gasteiger partial charge is 0.487 e. The summed E-state index contributed by atoms with van der Waals surface area (Å²) in [7, 11) is 0. The molecule has 6 heteroatoms. The summed E-state index contributed by atoms with van der Waals surface area (Å²) in [4.78, 5) is 16.5. The Morgan fingerprint density at radius 2 is 2.11 bits per heavy atom. The molecular formula is C21H19FN2O2S. The van der Waals surface area contributed by atoms with Crippen LogP contribution in [0.5, 0.6) is 5.75 Å². The maximum absolute atomic E-state index is 13.1. The summed E-state index contributed by atoms with van der Waals surface area (Å²) in [6.45, 7) is 4.10. The molecule has 1 aromatic heterocycles. The van der Waals surface area contributed by atoms with Crippen LogP contribution in [0.4, 0.5) is 10.1 Å². The van der Waals surface area contributed by atoms with E-state index >= 15 is 0 Å². The van der Waals surface area contributed by atoms with Crippen LogP contribution in [0.3, 0.4) is 0 Å². The summed E-state index contributed by atoms with van der Waals surface area (Å²) in [5.74, 6) is 0.0947. The van der Waals surface area contributed by atoms with Crippen LogP contribution in [0.15, 0.2) is 53.9 Å². The van der Waals surface area contributed by atoms with E-state index in [1.54, 1.807) is 30.4 Å². The number of halogens is 1. The second-order valence-electron chi connectivity index (χ2n) is 6.00. The summed E-state index contributed by atoms with van der Waals surface area (Å²) in [5, 5.41) is 5.72. The van der Waals surface area contributed by atoms with Crippen molar-refractivity contribution in [2.75, 3.05) is 5.32 Å². The van der Waals surface area contributed by atoms with E-state index in [1.807, 2.05) is 36.6 Å². The number of nitrogens with one attached hydrogen (secondary N) is 1. The summed E-state index contributed by atoms with van der Waals surface area (Å²) in [6.07, 6.45) is 3.14. The maximum atomic E-state index is 13.1. The highest BCUT2D eigenvalue weighted by molar-refractivity contribution is 7.09. The van der Waals surface area contributed by atoms with Gasteiger partial charge in [0, 0.05) is 17.1 Å². The van der Waals surface area contributed by atoms with Crippen LogP contribution in [-0.2, 0) is 11.4 Å². The van der Waals surface area contributed by atoms with Crippen LogP contribution in [0.25, 0.3) is 6.08 Å². The van der Waals surface area contributed by atoms with E-state index in [4.69, 9.17) is 4.74 Å². The molecule has 1 amide bonds. The minimum Gasteiger partial charge on any atom is -0.487 e. The lowest BCUT2D eigenvalue weighted by Crippen LogP contribution is -2.09. The average molecular weight is 382 g/mol. The minimum atomic E-state index is -0.328. The number of hydrogen-bond acceptors (Lipinski definition) is 4. The molecule has 0 saturated heterocycles. The van der Waals surface area contributed by atoms with Gasteiger partial charge in [0.15, 0.2) is 0 Å². The summed E-state index contributed by atoms with van der Waals surface area (Å²) in [6, 6.07) is 11.7. The van der Waals surface area contributed by atoms with Crippen molar-refractivity contribution in [3.63, 3.8) is 0 Å². The molecule has 138 valence electrons. The van der Waals surface area contributed by atoms with Gasteiger partial charge in [0.2, 0.25) is 5.91 Å². The number of hydrogen-bond donors (Lipinski definition) is 1. The van der Waals surface area contributed by atoms with Gasteiger partial charge >= 0.3 is 0 Å². The highest BCUT2D eigenvalue weighted by Crippen LogP contribution is 2.18. The second-order valence-corrected chi connectivity index (χ2v) is 7.06. The molecule has 27 heavy (non-hydrogen) atoms.